The highest BCUT2D eigenvalue weighted by Crippen LogP contribution is 2.36. The van der Waals surface area contributed by atoms with Gasteiger partial charge in [-0.2, -0.15) is 0 Å². The third-order valence-corrected chi connectivity index (χ3v) is 5.51. The van der Waals surface area contributed by atoms with Gasteiger partial charge in [0.1, 0.15) is 12.4 Å². The predicted molar refractivity (Wildman–Crippen MR) is 94.0 cm³/mol. The molecule has 0 radical (unpaired) electrons. The molecule has 8 heteroatoms. The number of hydrogen-bond acceptors (Lipinski definition) is 6. The van der Waals surface area contributed by atoms with Crippen LogP contribution in [0.4, 0.5) is 0 Å². The molecule has 0 atom stereocenters. The summed E-state index contributed by atoms with van der Waals surface area (Å²) in [5, 5.41) is 24.1. The standard InChI is InChI=1S/C17H30N6O2/c1-3-23-15(11-24)20-21-17(23)12-8-13(9-12)19-16(25)10-22(2)14-4-6-18-7-5-14/h12-14,18,24H,3-11H2,1-2H3,(H,19,25). The van der Waals surface area contributed by atoms with Crippen molar-refractivity contribution in [2.45, 2.75) is 63.8 Å². The monoisotopic (exact) mass is 350 g/mol. The molecule has 1 saturated carbocycles. The van der Waals surface area contributed by atoms with Gasteiger partial charge in [-0.05, 0) is 52.7 Å². The molecule has 1 aromatic heterocycles. The number of aliphatic hydroxyl groups is 1. The topological polar surface area (TPSA) is 95.3 Å². The van der Waals surface area contributed by atoms with Crippen molar-refractivity contribution in [1.29, 1.82) is 0 Å². The lowest BCUT2D eigenvalue weighted by Gasteiger charge is -2.36. The van der Waals surface area contributed by atoms with Crippen LogP contribution in [0.5, 0.6) is 0 Å². The lowest BCUT2D eigenvalue weighted by Crippen LogP contribution is -2.49. The third kappa shape index (κ3) is 4.19. The Balaban J connectivity index is 1.44. The second-order valence-electron chi connectivity index (χ2n) is 7.21. The van der Waals surface area contributed by atoms with E-state index in [-0.39, 0.29) is 18.6 Å². The molecule has 8 nitrogen and oxygen atoms in total. The van der Waals surface area contributed by atoms with Crippen LogP contribution in [0.25, 0.3) is 0 Å². The normalized spacial score (nSPS) is 24.3. The molecule has 1 amide bonds. The molecule has 1 aliphatic heterocycles. The van der Waals surface area contributed by atoms with E-state index in [9.17, 15) is 9.90 Å². The second kappa shape index (κ2) is 8.25. The summed E-state index contributed by atoms with van der Waals surface area (Å²) in [6, 6.07) is 0.722. The quantitative estimate of drug-likeness (QED) is 0.632. The molecular weight excluding hydrogens is 320 g/mol. The Morgan fingerprint density at radius 3 is 2.72 bits per heavy atom. The zero-order valence-electron chi connectivity index (χ0n) is 15.2. The number of amides is 1. The summed E-state index contributed by atoms with van der Waals surface area (Å²) < 4.78 is 1.98. The lowest BCUT2D eigenvalue weighted by atomic mass is 9.79. The highest BCUT2D eigenvalue weighted by atomic mass is 16.3. The number of nitrogens with one attached hydrogen (secondary N) is 2. The first-order valence-electron chi connectivity index (χ1n) is 9.35. The number of carbonyl (C=O) groups excluding carboxylic acids is 1. The minimum Gasteiger partial charge on any atom is -0.388 e. The Morgan fingerprint density at radius 1 is 1.36 bits per heavy atom. The van der Waals surface area contributed by atoms with E-state index in [0.29, 0.717) is 24.3 Å². The average molecular weight is 350 g/mol. The van der Waals surface area contributed by atoms with Crippen molar-refractivity contribution in [2.75, 3.05) is 26.7 Å². The van der Waals surface area contributed by atoms with Crippen molar-refractivity contribution in [2.24, 2.45) is 0 Å². The first-order chi connectivity index (χ1) is 12.1. The molecule has 3 N–H and O–H groups in total. The predicted octanol–water partition coefficient (Wildman–Crippen LogP) is -0.164. The van der Waals surface area contributed by atoms with Gasteiger partial charge in [-0.3, -0.25) is 9.69 Å². The Hall–Kier alpha value is -1.51. The number of piperidine rings is 1. The number of carbonyl (C=O) groups is 1. The molecule has 0 aromatic carbocycles. The van der Waals surface area contributed by atoms with Crippen LogP contribution in [0.1, 0.15) is 50.2 Å². The fourth-order valence-electron chi connectivity index (χ4n) is 3.94. The molecule has 2 fully saturated rings. The van der Waals surface area contributed by atoms with E-state index in [1.165, 1.54) is 0 Å². The molecular formula is C17H30N6O2. The zero-order chi connectivity index (χ0) is 17.8. The fourth-order valence-corrected chi connectivity index (χ4v) is 3.94. The fraction of sp³-hybridized carbons (Fsp3) is 0.824. The largest absolute Gasteiger partial charge is 0.388 e. The summed E-state index contributed by atoms with van der Waals surface area (Å²) in [4.78, 5) is 14.5. The molecule has 0 bridgehead atoms. The van der Waals surface area contributed by atoms with E-state index < -0.39 is 0 Å². The molecule has 1 saturated heterocycles. The van der Waals surface area contributed by atoms with E-state index >= 15 is 0 Å². The summed E-state index contributed by atoms with van der Waals surface area (Å²) >= 11 is 0. The number of nitrogens with zero attached hydrogens (tertiary/aromatic N) is 4. The van der Waals surface area contributed by atoms with Crippen LogP contribution in [-0.2, 0) is 17.9 Å². The van der Waals surface area contributed by atoms with Crippen molar-refractivity contribution < 1.29 is 9.90 Å². The van der Waals surface area contributed by atoms with Gasteiger partial charge in [0.15, 0.2) is 5.82 Å². The number of hydrogen-bond donors (Lipinski definition) is 3. The Bertz CT molecular complexity index is 578. The molecule has 25 heavy (non-hydrogen) atoms. The summed E-state index contributed by atoms with van der Waals surface area (Å²) in [5.41, 5.74) is 0. The van der Waals surface area contributed by atoms with Crippen molar-refractivity contribution in [3.8, 4) is 0 Å². The lowest BCUT2D eigenvalue weighted by molar-refractivity contribution is -0.123. The molecule has 2 aliphatic rings. The molecule has 1 aliphatic carbocycles. The molecule has 2 heterocycles. The van der Waals surface area contributed by atoms with Crippen molar-refractivity contribution in [3.63, 3.8) is 0 Å². The summed E-state index contributed by atoms with van der Waals surface area (Å²) in [7, 11) is 2.04. The molecule has 3 rings (SSSR count). The first-order valence-corrected chi connectivity index (χ1v) is 9.35. The maximum atomic E-state index is 12.3. The van der Waals surface area contributed by atoms with Gasteiger partial charge in [0, 0.05) is 24.5 Å². The van der Waals surface area contributed by atoms with Crippen LogP contribution in [-0.4, -0.2) is 69.4 Å². The van der Waals surface area contributed by atoms with Gasteiger partial charge in [0.25, 0.3) is 0 Å². The van der Waals surface area contributed by atoms with E-state index in [2.05, 4.69) is 25.7 Å². The summed E-state index contributed by atoms with van der Waals surface area (Å²) in [6.07, 6.45) is 4.00. The Morgan fingerprint density at radius 2 is 2.08 bits per heavy atom. The van der Waals surface area contributed by atoms with E-state index in [0.717, 1.165) is 51.1 Å². The number of likely N-dealkylation sites (N-methyl/N-ethyl adjacent to an activating group) is 1. The first kappa shape index (κ1) is 18.3. The number of aromatic nitrogens is 3. The third-order valence-electron chi connectivity index (χ3n) is 5.51. The van der Waals surface area contributed by atoms with Crippen LogP contribution >= 0.6 is 0 Å². The van der Waals surface area contributed by atoms with Gasteiger partial charge >= 0.3 is 0 Å². The van der Waals surface area contributed by atoms with Crippen LogP contribution in [0.3, 0.4) is 0 Å². The summed E-state index contributed by atoms with van der Waals surface area (Å²) in [5.74, 6) is 1.98. The molecule has 0 spiro atoms. The smallest absolute Gasteiger partial charge is 0.234 e. The van der Waals surface area contributed by atoms with E-state index in [4.69, 9.17) is 0 Å². The summed E-state index contributed by atoms with van der Waals surface area (Å²) in [6.45, 7) is 5.24. The number of aliphatic hydroxyl groups excluding tert-OH is 1. The highest BCUT2D eigenvalue weighted by Gasteiger charge is 2.35. The highest BCUT2D eigenvalue weighted by molar-refractivity contribution is 5.78. The van der Waals surface area contributed by atoms with Crippen molar-refractivity contribution in [3.05, 3.63) is 11.6 Å². The van der Waals surface area contributed by atoms with Crippen LogP contribution in [0.2, 0.25) is 0 Å². The van der Waals surface area contributed by atoms with E-state index in [1.54, 1.807) is 0 Å². The van der Waals surface area contributed by atoms with Gasteiger partial charge in [0.05, 0.1) is 6.54 Å². The second-order valence-corrected chi connectivity index (χ2v) is 7.21. The van der Waals surface area contributed by atoms with Gasteiger partial charge in [-0.15, -0.1) is 10.2 Å². The van der Waals surface area contributed by atoms with Crippen LogP contribution < -0.4 is 10.6 Å². The van der Waals surface area contributed by atoms with Crippen molar-refractivity contribution in [1.82, 2.24) is 30.3 Å². The van der Waals surface area contributed by atoms with Crippen molar-refractivity contribution >= 4 is 5.91 Å². The van der Waals surface area contributed by atoms with E-state index in [1.807, 2.05) is 18.5 Å². The minimum absolute atomic E-state index is 0.0866. The Kier molecular flexibility index (Phi) is 6.03. The molecule has 0 unspecified atom stereocenters. The van der Waals surface area contributed by atoms with Crippen LogP contribution in [0.15, 0.2) is 0 Å². The van der Waals surface area contributed by atoms with Gasteiger partial charge in [-0.25, -0.2) is 0 Å². The molecule has 1 aromatic rings. The number of rotatable bonds is 7. The van der Waals surface area contributed by atoms with Crippen LogP contribution in [0, 0.1) is 0 Å². The minimum atomic E-state index is -0.0866. The maximum Gasteiger partial charge on any atom is 0.234 e. The van der Waals surface area contributed by atoms with Gasteiger partial charge in [-0.1, -0.05) is 0 Å². The van der Waals surface area contributed by atoms with Gasteiger partial charge < -0.3 is 20.3 Å². The SMILES string of the molecule is CCn1c(CO)nnc1C1CC(NC(=O)CN(C)C2CCNCC2)C1. The Labute approximate surface area is 149 Å². The molecule has 140 valence electrons. The maximum absolute atomic E-state index is 12.3. The van der Waals surface area contributed by atoms with Gasteiger partial charge in [0.2, 0.25) is 5.91 Å². The average Bonchev–Trinajstić information content (AvgIpc) is 3.00. The zero-order valence-corrected chi connectivity index (χ0v) is 15.2.